The third-order valence-corrected chi connectivity index (χ3v) is 3.88. The topological polar surface area (TPSA) is 69.6 Å². The van der Waals surface area contributed by atoms with Crippen LogP contribution in [0.3, 0.4) is 0 Å². The fourth-order valence-electron chi connectivity index (χ4n) is 2.59. The SMILES string of the molecule is CCCCCCC(C)n1nnnc1-c1ccc(N)cc1C. The average Bonchev–Trinajstić information content (AvgIpc) is 2.92. The number of nitrogens with zero attached hydrogens (tertiary/aromatic N) is 4. The van der Waals surface area contributed by atoms with E-state index in [4.69, 9.17) is 5.73 Å². The highest BCUT2D eigenvalue weighted by Gasteiger charge is 2.16. The van der Waals surface area contributed by atoms with E-state index >= 15 is 0 Å². The molecule has 1 heterocycles. The predicted molar refractivity (Wildman–Crippen MR) is 85.9 cm³/mol. The number of rotatable bonds is 7. The van der Waals surface area contributed by atoms with Crippen LogP contribution in [0.15, 0.2) is 18.2 Å². The molecule has 21 heavy (non-hydrogen) atoms. The first-order valence-electron chi connectivity index (χ1n) is 7.77. The number of benzene rings is 1. The van der Waals surface area contributed by atoms with Crippen LogP contribution < -0.4 is 5.73 Å². The summed E-state index contributed by atoms with van der Waals surface area (Å²) in [5.41, 5.74) is 8.73. The van der Waals surface area contributed by atoms with Gasteiger partial charge in [-0.1, -0.05) is 32.6 Å². The van der Waals surface area contributed by atoms with Gasteiger partial charge in [0.15, 0.2) is 5.82 Å². The largest absolute Gasteiger partial charge is 0.399 e. The van der Waals surface area contributed by atoms with Gasteiger partial charge in [0.05, 0.1) is 6.04 Å². The second-order valence-electron chi connectivity index (χ2n) is 5.72. The van der Waals surface area contributed by atoms with Crippen LogP contribution in [0.5, 0.6) is 0 Å². The van der Waals surface area contributed by atoms with Crippen molar-refractivity contribution in [3.63, 3.8) is 0 Å². The van der Waals surface area contributed by atoms with Gasteiger partial charge in [-0.2, -0.15) is 0 Å². The monoisotopic (exact) mass is 287 g/mol. The van der Waals surface area contributed by atoms with E-state index in [0.717, 1.165) is 29.1 Å². The molecular formula is C16H25N5. The minimum absolute atomic E-state index is 0.309. The quantitative estimate of drug-likeness (QED) is 0.621. The number of tetrazole rings is 1. The lowest BCUT2D eigenvalue weighted by atomic mass is 10.1. The molecule has 114 valence electrons. The molecular weight excluding hydrogens is 262 g/mol. The van der Waals surface area contributed by atoms with Gasteiger partial charge in [-0.25, -0.2) is 4.68 Å². The third-order valence-electron chi connectivity index (χ3n) is 3.88. The Hall–Kier alpha value is -1.91. The van der Waals surface area contributed by atoms with E-state index in [1.165, 1.54) is 25.7 Å². The molecule has 2 N–H and O–H groups in total. The molecule has 5 nitrogen and oxygen atoms in total. The number of aryl methyl sites for hydroxylation is 1. The molecule has 0 aliphatic carbocycles. The maximum absolute atomic E-state index is 5.81. The lowest BCUT2D eigenvalue weighted by Crippen LogP contribution is -2.09. The summed E-state index contributed by atoms with van der Waals surface area (Å²) in [7, 11) is 0. The summed E-state index contributed by atoms with van der Waals surface area (Å²) in [6.45, 7) is 6.45. The Bertz CT molecular complexity index is 576. The molecule has 0 aliphatic rings. The normalized spacial score (nSPS) is 12.5. The molecule has 5 heteroatoms. The Balaban J connectivity index is 2.14. The highest BCUT2D eigenvalue weighted by Crippen LogP contribution is 2.26. The molecule has 2 aromatic rings. The summed E-state index contributed by atoms with van der Waals surface area (Å²) in [6, 6.07) is 6.16. The maximum Gasteiger partial charge on any atom is 0.182 e. The molecule has 1 atom stereocenters. The third kappa shape index (κ3) is 3.80. The van der Waals surface area contributed by atoms with Crippen LogP contribution in [-0.2, 0) is 0 Å². The van der Waals surface area contributed by atoms with Gasteiger partial charge in [-0.05, 0) is 54.5 Å². The molecule has 0 fully saturated rings. The van der Waals surface area contributed by atoms with Gasteiger partial charge in [0.1, 0.15) is 0 Å². The summed E-state index contributed by atoms with van der Waals surface area (Å²) in [4.78, 5) is 0. The lowest BCUT2D eigenvalue weighted by molar-refractivity contribution is 0.429. The summed E-state index contributed by atoms with van der Waals surface area (Å²) in [6.07, 6.45) is 6.15. The number of anilines is 1. The van der Waals surface area contributed by atoms with Crippen molar-refractivity contribution in [2.45, 2.75) is 58.9 Å². The van der Waals surface area contributed by atoms with Gasteiger partial charge in [-0.15, -0.1) is 5.10 Å². The molecule has 0 aliphatic heterocycles. The molecule has 0 saturated heterocycles. The Kier molecular flexibility index (Phi) is 5.31. The van der Waals surface area contributed by atoms with E-state index in [1.807, 2.05) is 29.8 Å². The van der Waals surface area contributed by atoms with Crippen LogP contribution >= 0.6 is 0 Å². The van der Waals surface area contributed by atoms with E-state index in [1.54, 1.807) is 0 Å². The van der Waals surface area contributed by atoms with E-state index in [9.17, 15) is 0 Å². The van der Waals surface area contributed by atoms with Gasteiger partial charge < -0.3 is 5.73 Å². The van der Waals surface area contributed by atoms with Crippen molar-refractivity contribution in [1.82, 2.24) is 20.2 Å². The fourth-order valence-corrected chi connectivity index (χ4v) is 2.59. The van der Waals surface area contributed by atoms with Crippen molar-refractivity contribution in [1.29, 1.82) is 0 Å². The minimum atomic E-state index is 0.309. The molecule has 2 rings (SSSR count). The molecule has 0 saturated carbocycles. The first-order chi connectivity index (χ1) is 10.1. The molecule has 1 aromatic carbocycles. The maximum atomic E-state index is 5.81. The fraction of sp³-hybridized carbons (Fsp3) is 0.562. The predicted octanol–water partition coefficient (Wildman–Crippen LogP) is 3.76. The molecule has 1 aromatic heterocycles. The van der Waals surface area contributed by atoms with Crippen molar-refractivity contribution >= 4 is 5.69 Å². The summed E-state index contributed by atoms with van der Waals surface area (Å²) >= 11 is 0. The number of aromatic nitrogens is 4. The second kappa shape index (κ2) is 7.20. The van der Waals surface area contributed by atoms with Crippen molar-refractivity contribution in [3.05, 3.63) is 23.8 Å². The summed E-state index contributed by atoms with van der Waals surface area (Å²) in [5, 5.41) is 12.2. The lowest BCUT2D eigenvalue weighted by Gasteiger charge is -2.14. The van der Waals surface area contributed by atoms with Crippen molar-refractivity contribution in [2.24, 2.45) is 0 Å². The zero-order valence-corrected chi connectivity index (χ0v) is 13.2. The summed E-state index contributed by atoms with van der Waals surface area (Å²) < 4.78 is 1.93. The van der Waals surface area contributed by atoms with Crippen LogP contribution in [0.2, 0.25) is 0 Å². The van der Waals surface area contributed by atoms with Crippen LogP contribution in [0.25, 0.3) is 11.4 Å². The van der Waals surface area contributed by atoms with E-state index in [0.29, 0.717) is 6.04 Å². The number of hydrogen-bond donors (Lipinski definition) is 1. The average molecular weight is 287 g/mol. The Morgan fingerprint density at radius 1 is 1.24 bits per heavy atom. The van der Waals surface area contributed by atoms with E-state index in [-0.39, 0.29) is 0 Å². The van der Waals surface area contributed by atoms with Gasteiger partial charge in [0.25, 0.3) is 0 Å². The highest BCUT2D eigenvalue weighted by molar-refractivity contribution is 5.63. The number of hydrogen-bond acceptors (Lipinski definition) is 4. The molecule has 1 unspecified atom stereocenters. The van der Waals surface area contributed by atoms with Gasteiger partial charge in [-0.3, -0.25) is 0 Å². The minimum Gasteiger partial charge on any atom is -0.399 e. The number of unbranched alkanes of at least 4 members (excludes halogenated alkanes) is 3. The molecule has 0 spiro atoms. The Morgan fingerprint density at radius 3 is 2.76 bits per heavy atom. The standard InChI is InChI=1S/C16H25N5/c1-4-5-6-7-8-13(3)21-16(18-19-20-21)15-10-9-14(17)11-12(15)2/h9-11,13H,4-8,17H2,1-3H3. The van der Waals surface area contributed by atoms with Crippen LogP contribution in [-0.4, -0.2) is 20.2 Å². The first kappa shape index (κ1) is 15.5. The van der Waals surface area contributed by atoms with Crippen molar-refractivity contribution in [2.75, 3.05) is 5.73 Å². The van der Waals surface area contributed by atoms with Crippen molar-refractivity contribution < 1.29 is 0 Å². The Morgan fingerprint density at radius 2 is 2.05 bits per heavy atom. The van der Waals surface area contributed by atoms with Gasteiger partial charge in [0.2, 0.25) is 0 Å². The zero-order valence-electron chi connectivity index (χ0n) is 13.2. The first-order valence-corrected chi connectivity index (χ1v) is 7.77. The van der Waals surface area contributed by atoms with Crippen LogP contribution in [0.4, 0.5) is 5.69 Å². The van der Waals surface area contributed by atoms with Crippen molar-refractivity contribution in [3.8, 4) is 11.4 Å². The van der Waals surface area contributed by atoms with E-state index in [2.05, 4.69) is 29.4 Å². The van der Waals surface area contributed by atoms with E-state index < -0.39 is 0 Å². The Labute approximate surface area is 126 Å². The van der Waals surface area contributed by atoms with Gasteiger partial charge in [0, 0.05) is 11.3 Å². The molecule has 0 bridgehead atoms. The number of nitrogens with two attached hydrogens (primary N) is 1. The summed E-state index contributed by atoms with van der Waals surface area (Å²) in [5.74, 6) is 0.829. The van der Waals surface area contributed by atoms with Gasteiger partial charge >= 0.3 is 0 Å². The highest BCUT2D eigenvalue weighted by atomic mass is 15.5. The van der Waals surface area contributed by atoms with Crippen LogP contribution in [0, 0.1) is 6.92 Å². The molecule has 0 amide bonds. The number of nitrogen functional groups attached to an aromatic ring is 1. The zero-order chi connectivity index (χ0) is 15.2. The molecule has 0 radical (unpaired) electrons. The van der Waals surface area contributed by atoms with Crippen LogP contribution in [0.1, 0.15) is 57.6 Å². The second-order valence-corrected chi connectivity index (χ2v) is 5.72. The smallest absolute Gasteiger partial charge is 0.182 e.